The maximum Gasteiger partial charge on any atom is 0.257 e. The van der Waals surface area contributed by atoms with Gasteiger partial charge in [-0.05, 0) is 31.2 Å². The Bertz CT molecular complexity index is 1070. The van der Waals surface area contributed by atoms with E-state index in [9.17, 15) is 4.79 Å². The lowest BCUT2D eigenvalue weighted by Crippen LogP contribution is -2.13. The van der Waals surface area contributed by atoms with Crippen LogP contribution in [-0.4, -0.2) is 23.3 Å². The van der Waals surface area contributed by atoms with Gasteiger partial charge in [-0.25, -0.2) is 4.98 Å². The van der Waals surface area contributed by atoms with Crippen LogP contribution < -0.4 is 10.1 Å². The number of thioether (sulfide) groups is 1. The highest BCUT2D eigenvalue weighted by Crippen LogP contribution is 2.35. The third-order valence-corrected chi connectivity index (χ3v) is 5.29. The fourth-order valence-corrected chi connectivity index (χ4v) is 3.69. The van der Waals surface area contributed by atoms with Gasteiger partial charge >= 0.3 is 0 Å². The lowest BCUT2D eigenvalue weighted by Gasteiger charge is -2.06. The first-order valence-corrected chi connectivity index (χ1v) is 11.0. The number of carbonyl (C=O) groups is 1. The van der Waals surface area contributed by atoms with E-state index < -0.39 is 0 Å². The van der Waals surface area contributed by atoms with E-state index in [1.165, 1.54) is 11.8 Å². The fraction of sp³-hybridized carbons (Fsp3) is 0.120. The summed E-state index contributed by atoms with van der Waals surface area (Å²) in [4.78, 5) is 17.1. The Morgan fingerprint density at radius 1 is 0.935 bits per heavy atom. The molecule has 0 saturated carbocycles. The highest BCUT2D eigenvalue weighted by molar-refractivity contribution is 7.99. The minimum atomic E-state index is -0.130. The molecule has 0 saturated heterocycles. The van der Waals surface area contributed by atoms with Gasteiger partial charge in [0.15, 0.2) is 5.76 Å². The Hall–Kier alpha value is -3.51. The zero-order valence-electron chi connectivity index (χ0n) is 17.1. The summed E-state index contributed by atoms with van der Waals surface area (Å²) < 4.78 is 11.5. The predicted octanol–water partition coefficient (Wildman–Crippen LogP) is 6.14. The van der Waals surface area contributed by atoms with Crippen LogP contribution in [-0.2, 0) is 4.79 Å². The first-order valence-electron chi connectivity index (χ1n) is 10.00. The molecule has 5 nitrogen and oxygen atoms in total. The molecule has 1 amide bonds. The molecule has 0 radical (unpaired) electrons. The molecule has 0 atom stereocenters. The zero-order chi connectivity index (χ0) is 21.5. The fourth-order valence-electron chi connectivity index (χ4n) is 3.06. The molecule has 156 valence electrons. The first kappa shape index (κ1) is 20.8. The molecule has 1 heterocycles. The number of carbonyl (C=O) groups excluding carboxylic acids is 1. The molecule has 0 aliphatic heterocycles. The Labute approximate surface area is 185 Å². The molecule has 4 aromatic rings. The van der Waals surface area contributed by atoms with Crippen molar-refractivity contribution in [3.8, 4) is 28.3 Å². The van der Waals surface area contributed by atoms with Gasteiger partial charge in [0.05, 0.1) is 12.4 Å². The van der Waals surface area contributed by atoms with Crippen LogP contribution in [0.4, 0.5) is 5.69 Å². The molecule has 0 spiro atoms. The summed E-state index contributed by atoms with van der Waals surface area (Å²) >= 11 is 1.27. The van der Waals surface area contributed by atoms with Crippen LogP contribution in [0.2, 0.25) is 0 Å². The van der Waals surface area contributed by atoms with Crippen molar-refractivity contribution in [3.05, 3.63) is 84.9 Å². The second-order valence-electron chi connectivity index (χ2n) is 6.68. The molecule has 3 aromatic carbocycles. The number of anilines is 1. The number of nitrogens with one attached hydrogen (secondary N) is 1. The SMILES string of the molecule is CCOc1ccc(NC(=O)CSc2nc(-c3ccccc3)c(-c3ccccc3)o2)cc1. The number of oxazole rings is 1. The maximum atomic E-state index is 12.4. The molecule has 0 aliphatic rings. The average molecular weight is 431 g/mol. The molecular formula is C25H22N2O3S. The summed E-state index contributed by atoms with van der Waals surface area (Å²) in [6.07, 6.45) is 0. The molecular weight excluding hydrogens is 408 g/mol. The Balaban J connectivity index is 1.47. The summed E-state index contributed by atoms with van der Waals surface area (Å²) in [5.74, 6) is 1.53. The quantitative estimate of drug-likeness (QED) is 0.340. The van der Waals surface area contributed by atoms with Crippen molar-refractivity contribution < 1.29 is 13.9 Å². The standard InChI is InChI=1S/C25H22N2O3S/c1-2-29-21-15-13-20(14-16-21)26-22(28)17-31-25-27-23(18-9-5-3-6-10-18)24(30-25)19-11-7-4-8-12-19/h3-16H,2,17H2,1H3,(H,26,28). The molecule has 1 aromatic heterocycles. The van der Waals surface area contributed by atoms with Crippen molar-refractivity contribution in [2.24, 2.45) is 0 Å². The Morgan fingerprint density at radius 3 is 2.23 bits per heavy atom. The van der Waals surface area contributed by atoms with Gasteiger partial charge in [-0.3, -0.25) is 4.79 Å². The zero-order valence-corrected chi connectivity index (χ0v) is 17.9. The predicted molar refractivity (Wildman–Crippen MR) is 124 cm³/mol. The van der Waals surface area contributed by atoms with E-state index >= 15 is 0 Å². The van der Waals surface area contributed by atoms with Crippen LogP contribution in [0.15, 0.2) is 94.6 Å². The largest absolute Gasteiger partial charge is 0.494 e. The summed E-state index contributed by atoms with van der Waals surface area (Å²) in [5, 5.41) is 3.34. The van der Waals surface area contributed by atoms with Crippen molar-refractivity contribution >= 4 is 23.4 Å². The Morgan fingerprint density at radius 2 is 1.58 bits per heavy atom. The van der Waals surface area contributed by atoms with Crippen LogP contribution in [0.1, 0.15) is 6.92 Å². The van der Waals surface area contributed by atoms with E-state index in [2.05, 4.69) is 10.3 Å². The number of benzene rings is 3. The molecule has 0 fully saturated rings. The van der Waals surface area contributed by atoms with Gasteiger partial charge in [-0.15, -0.1) is 0 Å². The highest BCUT2D eigenvalue weighted by atomic mass is 32.2. The second-order valence-corrected chi connectivity index (χ2v) is 7.61. The van der Waals surface area contributed by atoms with Crippen molar-refractivity contribution in [2.75, 3.05) is 17.7 Å². The number of ether oxygens (including phenoxy) is 1. The van der Waals surface area contributed by atoms with Crippen molar-refractivity contribution in [2.45, 2.75) is 12.1 Å². The lowest BCUT2D eigenvalue weighted by molar-refractivity contribution is -0.113. The van der Waals surface area contributed by atoms with Crippen molar-refractivity contribution in [1.29, 1.82) is 0 Å². The van der Waals surface area contributed by atoms with E-state index in [4.69, 9.17) is 9.15 Å². The maximum absolute atomic E-state index is 12.4. The van der Waals surface area contributed by atoms with Crippen LogP contribution in [0.5, 0.6) is 5.75 Å². The van der Waals surface area contributed by atoms with Crippen molar-refractivity contribution in [3.63, 3.8) is 0 Å². The highest BCUT2D eigenvalue weighted by Gasteiger charge is 2.18. The lowest BCUT2D eigenvalue weighted by atomic mass is 10.1. The number of hydrogen-bond acceptors (Lipinski definition) is 5. The summed E-state index contributed by atoms with van der Waals surface area (Å²) in [7, 11) is 0. The molecule has 4 rings (SSSR count). The van der Waals surface area contributed by atoms with Gasteiger partial charge in [-0.2, -0.15) is 0 Å². The third-order valence-electron chi connectivity index (χ3n) is 4.47. The smallest absolute Gasteiger partial charge is 0.257 e. The van der Waals surface area contributed by atoms with E-state index in [1.54, 1.807) is 0 Å². The first-order chi connectivity index (χ1) is 15.2. The molecule has 0 unspecified atom stereocenters. The average Bonchev–Trinajstić information content (AvgIpc) is 3.25. The van der Waals surface area contributed by atoms with E-state index in [0.29, 0.717) is 17.6 Å². The van der Waals surface area contributed by atoms with Gasteiger partial charge in [0, 0.05) is 16.8 Å². The van der Waals surface area contributed by atoms with Gasteiger partial charge in [0.1, 0.15) is 11.4 Å². The van der Waals surface area contributed by atoms with Crippen LogP contribution in [0, 0.1) is 0 Å². The van der Waals surface area contributed by atoms with Gasteiger partial charge in [0.2, 0.25) is 5.91 Å². The number of nitrogens with zero attached hydrogens (tertiary/aromatic N) is 1. The second kappa shape index (κ2) is 10.00. The van der Waals surface area contributed by atoms with Gasteiger partial charge < -0.3 is 14.5 Å². The van der Waals surface area contributed by atoms with E-state index in [0.717, 1.165) is 28.3 Å². The molecule has 0 aliphatic carbocycles. The van der Waals surface area contributed by atoms with E-state index in [1.807, 2.05) is 91.9 Å². The Kier molecular flexibility index (Phi) is 6.69. The summed E-state index contributed by atoms with van der Waals surface area (Å²) in [6.45, 7) is 2.54. The number of hydrogen-bond donors (Lipinski definition) is 1. The van der Waals surface area contributed by atoms with Crippen LogP contribution >= 0.6 is 11.8 Å². The van der Waals surface area contributed by atoms with Crippen LogP contribution in [0.3, 0.4) is 0 Å². The number of aromatic nitrogens is 1. The van der Waals surface area contributed by atoms with Crippen LogP contribution in [0.25, 0.3) is 22.6 Å². The molecule has 1 N–H and O–H groups in total. The number of rotatable bonds is 8. The monoisotopic (exact) mass is 430 g/mol. The summed E-state index contributed by atoms with van der Waals surface area (Å²) in [5.41, 5.74) is 3.40. The molecule has 6 heteroatoms. The van der Waals surface area contributed by atoms with Gasteiger partial charge in [-0.1, -0.05) is 72.4 Å². The summed E-state index contributed by atoms with van der Waals surface area (Å²) in [6, 6.07) is 27.1. The normalized spacial score (nSPS) is 10.6. The molecule has 0 bridgehead atoms. The minimum absolute atomic E-state index is 0.130. The topological polar surface area (TPSA) is 64.4 Å². The van der Waals surface area contributed by atoms with E-state index in [-0.39, 0.29) is 11.7 Å². The number of amides is 1. The minimum Gasteiger partial charge on any atom is -0.494 e. The van der Waals surface area contributed by atoms with Gasteiger partial charge in [0.25, 0.3) is 5.22 Å². The van der Waals surface area contributed by atoms with Crippen molar-refractivity contribution in [1.82, 2.24) is 4.98 Å². The third kappa shape index (κ3) is 5.35. The molecule has 31 heavy (non-hydrogen) atoms.